The van der Waals surface area contributed by atoms with Crippen LogP contribution in [0.25, 0.3) is 0 Å². The predicted molar refractivity (Wildman–Crippen MR) is 56.5 cm³/mol. The molecule has 1 aromatic carbocycles. The lowest BCUT2D eigenvalue weighted by Crippen LogP contribution is -2.35. The average Bonchev–Trinajstić information content (AvgIpc) is 2.21. The Morgan fingerprint density at radius 1 is 1.40 bits per heavy atom. The number of phenols is 1. The van der Waals surface area contributed by atoms with Gasteiger partial charge < -0.3 is 15.5 Å². The van der Waals surface area contributed by atoms with Gasteiger partial charge >= 0.3 is 0 Å². The summed E-state index contributed by atoms with van der Waals surface area (Å²) < 4.78 is 0. The molecule has 1 aromatic rings. The summed E-state index contributed by atoms with van der Waals surface area (Å²) in [7, 11) is 0. The molecule has 1 rings (SSSR count). The van der Waals surface area contributed by atoms with Crippen molar-refractivity contribution in [2.45, 2.75) is 19.4 Å². The molecule has 0 heterocycles. The summed E-state index contributed by atoms with van der Waals surface area (Å²) in [4.78, 5) is 11.4. The highest BCUT2D eigenvalue weighted by molar-refractivity contribution is 5.78. The second kappa shape index (κ2) is 5.36. The molecule has 4 nitrogen and oxygen atoms in total. The molecule has 4 heteroatoms. The number of rotatable bonds is 4. The summed E-state index contributed by atoms with van der Waals surface area (Å²) in [6.45, 7) is 1.66. The van der Waals surface area contributed by atoms with Crippen LogP contribution in [0.15, 0.2) is 24.3 Å². The standard InChI is InChI=1S/C11H15NO3/c1-8(7-13)12-11(15)6-9-2-4-10(14)5-3-9/h2-5,8,13-14H,6-7H2,1H3,(H,12,15). The van der Waals surface area contributed by atoms with E-state index in [-0.39, 0.29) is 30.7 Å². The summed E-state index contributed by atoms with van der Waals surface area (Å²) in [6.07, 6.45) is 0.255. The van der Waals surface area contributed by atoms with E-state index in [2.05, 4.69) is 5.32 Å². The third kappa shape index (κ3) is 3.99. The molecule has 0 fully saturated rings. The lowest BCUT2D eigenvalue weighted by atomic mass is 10.1. The zero-order valence-electron chi connectivity index (χ0n) is 8.60. The van der Waals surface area contributed by atoms with Gasteiger partial charge in [-0.15, -0.1) is 0 Å². The minimum Gasteiger partial charge on any atom is -0.508 e. The normalized spacial score (nSPS) is 12.1. The SMILES string of the molecule is CC(CO)NC(=O)Cc1ccc(O)cc1. The van der Waals surface area contributed by atoms with Gasteiger partial charge in [-0.25, -0.2) is 0 Å². The number of aliphatic hydroxyl groups is 1. The second-order valence-electron chi connectivity index (χ2n) is 3.49. The van der Waals surface area contributed by atoms with E-state index in [1.54, 1.807) is 19.1 Å². The Morgan fingerprint density at radius 3 is 2.53 bits per heavy atom. The van der Waals surface area contributed by atoms with Gasteiger partial charge in [0.1, 0.15) is 5.75 Å². The molecule has 0 radical (unpaired) electrons. The lowest BCUT2D eigenvalue weighted by Gasteiger charge is -2.10. The van der Waals surface area contributed by atoms with Crippen molar-refractivity contribution in [3.63, 3.8) is 0 Å². The minimum absolute atomic E-state index is 0.0681. The van der Waals surface area contributed by atoms with E-state index in [4.69, 9.17) is 10.2 Å². The van der Waals surface area contributed by atoms with E-state index in [0.29, 0.717) is 0 Å². The summed E-state index contributed by atoms with van der Waals surface area (Å²) in [5, 5.41) is 20.4. The van der Waals surface area contributed by atoms with E-state index in [1.807, 2.05) is 0 Å². The number of amides is 1. The van der Waals surface area contributed by atoms with Crippen molar-refractivity contribution >= 4 is 5.91 Å². The van der Waals surface area contributed by atoms with Crippen LogP contribution < -0.4 is 5.32 Å². The maximum absolute atomic E-state index is 11.4. The fraction of sp³-hybridized carbons (Fsp3) is 0.364. The Morgan fingerprint density at radius 2 is 2.00 bits per heavy atom. The summed E-state index contributed by atoms with van der Waals surface area (Å²) in [5.74, 6) is 0.0464. The number of aliphatic hydroxyl groups excluding tert-OH is 1. The first-order chi connectivity index (χ1) is 7.11. The van der Waals surface area contributed by atoms with E-state index in [9.17, 15) is 4.79 Å². The number of benzene rings is 1. The molecule has 0 saturated carbocycles. The fourth-order valence-corrected chi connectivity index (χ4v) is 1.17. The average molecular weight is 209 g/mol. The first-order valence-electron chi connectivity index (χ1n) is 4.80. The van der Waals surface area contributed by atoms with Crippen molar-refractivity contribution in [1.82, 2.24) is 5.32 Å². The topological polar surface area (TPSA) is 69.6 Å². The molecule has 82 valence electrons. The lowest BCUT2D eigenvalue weighted by molar-refractivity contribution is -0.121. The Bertz CT molecular complexity index is 321. The molecule has 1 amide bonds. The summed E-state index contributed by atoms with van der Waals surface area (Å²) in [5.41, 5.74) is 0.829. The van der Waals surface area contributed by atoms with Gasteiger partial charge in [-0.05, 0) is 24.6 Å². The largest absolute Gasteiger partial charge is 0.508 e. The van der Waals surface area contributed by atoms with Gasteiger partial charge in [-0.2, -0.15) is 0 Å². The smallest absolute Gasteiger partial charge is 0.224 e. The molecule has 0 bridgehead atoms. The van der Waals surface area contributed by atoms with Gasteiger partial charge in [0.05, 0.1) is 13.0 Å². The van der Waals surface area contributed by atoms with Crippen molar-refractivity contribution in [3.05, 3.63) is 29.8 Å². The second-order valence-corrected chi connectivity index (χ2v) is 3.49. The summed E-state index contributed by atoms with van der Waals surface area (Å²) >= 11 is 0. The number of hydrogen-bond donors (Lipinski definition) is 3. The van der Waals surface area contributed by atoms with Crippen molar-refractivity contribution < 1.29 is 15.0 Å². The highest BCUT2D eigenvalue weighted by Gasteiger charge is 2.06. The van der Waals surface area contributed by atoms with Crippen LogP contribution in [-0.4, -0.2) is 28.8 Å². The predicted octanol–water partition coefficient (Wildman–Crippen LogP) is 0.432. The van der Waals surface area contributed by atoms with E-state index < -0.39 is 0 Å². The Labute approximate surface area is 88.6 Å². The molecule has 1 atom stereocenters. The number of nitrogens with one attached hydrogen (secondary N) is 1. The Balaban J connectivity index is 2.48. The van der Waals surface area contributed by atoms with Crippen LogP contribution in [0.3, 0.4) is 0 Å². The van der Waals surface area contributed by atoms with Crippen molar-refractivity contribution in [1.29, 1.82) is 0 Å². The maximum Gasteiger partial charge on any atom is 0.224 e. The molecule has 3 N–H and O–H groups in total. The van der Waals surface area contributed by atoms with Crippen LogP contribution in [0, 0.1) is 0 Å². The third-order valence-electron chi connectivity index (χ3n) is 1.98. The first-order valence-corrected chi connectivity index (χ1v) is 4.80. The van der Waals surface area contributed by atoms with E-state index >= 15 is 0 Å². The zero-order chi connectivity index (χ0) is 11.3. The number of phenolic OH excluding ortho intramolecular Hbond substituents is 1. The van der Waals surface area contributed by atoms with Gasteiger partial charge in [0.25, 0.3) is 0 Å². The quantitative estimate of drug-likeness (QED) is 0.673. The Kier molecular flexibility index (Phi) is 4.12. The third-order valence-corrected chi connectivity index (χ3v) is 1.98. The van der Waals surface area contributed by atoms with E-state index in [1.165, 1.54) is 12.1 Å². The highest BCUT2D eigenvalue weighted by atomic mass is 16.3. The Hall–Kier alpha value is -1.55. The molecule has 0 saturated heterocycles. The number of carbonyl (C=O) groups is 1. The number of aromatic hydroxyl groups is 1. The molecular weight excluding hydrogens is 194 g/mol. The molecule has 0 aliphatic rings. The molecule has 1 unspecified atom stereocenters. The monoisotopic (exact) mass is 209 g/mol. The molecule has 15 heavy (non-hydrogen) atoms. The van der Waals surface area contributed by atoms with Crippen LogP contribution in [-0.2, 0) is 11.2 Å². The first kappa shape index (κ1) is 11.5. The summed E-state index contributed by atoms with van der Waals surface area (Å²) in [6, 6.07) is 6.24. The van der Waals surface area contributed by atoms with Crippen LogP contribution in [0.4, 0.5) is 0 Å². The van der Waals surface area contributed by atoms with E-state index in [0.717, 1.165) is 5.56 Å². The minimum atomic E-state index is -0.227. The van der Waals surface area contributed by atoms with Crippen LogP contribution in [0.1, 0.15) is 12.5 Å². The van der Waals surface area contributed by atoms with Crippen LogP contribution in [0.2, 0.25) is 0 Å². The van der Waals surface area contributed by atoms with Gasteiger partial charge in [-0.3, -0.25) is 4.79 Å². The molecular formula is C11H15NO3. The zero-order valence-corrected chi connectivity index (χ0v) is 8.60. The fourth-order valence-electron chi connectivity index (χ4n) is 1.17. The van der Waals surface area contributed by atoms with Crippen LogP contribution in [0.5, 0.6) is 5.75 Å². The molecule has 0 spiro atoms. The number of carbonyl (C=O) groups excluding carboxylic acids is 1. The van der Waals surface area contributed by atoms with Gasteiger partial charge in [0.2, 0.25) is 5.91 Å². The van der Waals surface area contributed by atoms with Crippen molar-refractivity contribution in [3.8, 4) is 5.75 Å². The van der Waals surface area contributed by atoms with Crippen LogP contribution >= 0.6 is 0 Å². The van der Waals surface area contributed by atoms with Gasteiger partial charge in [-0.1, -0.05) is 12.1 Å². The maximum atomic E-state index is 11.4. The van der Waals surface area contributed by atoms with Crippen molar-refractivity contribution in [2.75, 3.05) is 6.61 Å². The number of hydrogen-bond acceptors (Lipinski definition) is 3. The molecule has 0 aromatic heterocycles. The van der Waals surface area contributed by atoms with Gasteiger partial charge in [0, 0.05) is 6.04 Å². The molecule has 0 aliphatic carbocycles. The highest BCUT2D eigenvalue weighted by Crippen LogP contribution is 2.09. The molecule has 0 aliphatic heterocycles. The van der Waals surface area contributed by atoms with Crippen molar-refractivity contribution in [2.24, 2.45) is 0 Å². The van der Waals surface area contributed by atoms with Gasteiger partial charge in [0.15, 0.2) is 0 Å².